The maximum atomic E-state index is 12.5. The van der Waals surface area contributed by atoms with Gasteiger partial charge in [-0.1, -0.05) is 37.3 Å². The Kier molecular flexibility index (Phi) is 4.70. The number of para-hydroxylation sites is 1. The first-order valence-electron chi connectivity index (χ1n) is 8.48. The third kappa shape index (κ3) is 3.48. The molecule has 4 heteroatoms. The number of aromatic amines is 1. The number of aromatic nitrogens is 1. The van der Waals surface area contributed by atoms with Crippen LogP contribution in [0.15, 0.2) is 53.3 Å². The fraction of sp³-hybridized carbons (Fsp3) is 0.238. The highest BCUT2D eigenvalue weighted by Gasteiger charge is 2.18. The van der Waals surface area contributed by atoms with Crippen molar-refractivity contribution in [1.29, 1.82) is 0 Å². The van der Waals surface area contributed by atoms with Gasteiger partial charge in [0.05, 0.1) is 6.54 Å². The predicted octanol–water partition coefficient (Wildman–Crippen LogP) is 4.09. The van der Waals surface area contributed by atoms with Gasteiger partial charge in [-0.25, -0.2) is 0 Å². The average Bonchev–Trinajstić information content (AvgIpc) is 2.60. The average molecular weight is 334 g/mol. The van der Waals surface area contributed by atoms with Crippen molar-refractivity contribution >= 4 is 22.5 Å². The molecule has 2 aromatic carbocycles. The van der Waals surface area contributed by atoms with Crippen LogP contribution in [0.5, 0.6) is 0 Å². The number of benzene rings is 2. The third-order valence-electron chi connectivity index (χ3n) is 4.42. The fourth-order valence-electron chi connectivity index (χ4n) is 3.01. The van der Waals surface area contributed by atoms with Crippen molar-refractivity contribution < 1.29 is 4.79 Å². The van der Waals surface area contributed by atoms with Gasteiger partial charge >= 0.3 is 0 Å². The van der Waals surface area contributed by atoms with Crippen molar-refractivity contribution in [2.75, 3.05) is 4.90 Å². The molecule has 25 heavy (non-hydrogen) atoms. The maximum Gasteiger partial charge on any atom is 0.253 e. The van der Waals surface area contributed by atoms with E-state index in [0.29, 0.717) is 12.0 Å². The van der Waals surface area contributed by atoms with Crippen LogP contribution in [0.1, 0.15) is 30.0 Å². The summed E-state index contributed by atoms with van der Waals surface area (Å²) in [7, 11) is 0. The Morgan fingerprint density at radius 3 is 2.56 bits per heavy atom. The Balaban J connectivity index is 2.05. The lowest BCUT2D eigenvalue weighted by Crippen LogP contribution is -2.32. The molecule has 1 amide bonds. The first-order chi connectivity index (χ1) is 12.0. The zero-order chi connectivity index (χ0) is 18.0. The number of nitrogens with zero attached hydrogens (tertiary/aromatic N) is 1. The number of rotatable bonds is 4. The molecule has 3 rings (SSSR count). The molecule has 1 N–H and O–H groups in total. The van der Waals surface area contributed by atoms with Crippen LogP contribution < -0.4 is 10.5 Å². The molecule has 0 saturated carbocycles. The number of carbonyl (C=O) groups excluding carboxylic acids is 1. The molecule has 4 nitrogen and oxygen atoms in total. The van der Waals surface area contributed by atoms with Gasteiger partial charge in [0.25, 0.3) is 5.56 Å². The highest BCUT2D eigenvalue weighted by molar-refractivity contribution is 5.94. The van der Waals surface area contributed by atoms with Crippen molar-refractivity contribution in [3.8, 4) is 0 Å². The number of pyridine rings is 1. The van der Waals surface area contributed by atoms with Crippen molar-refractivity contribution in [1.82, 2.24) is 4.98 Å². The molecule has 0 atom stereocenters. The molecular weight excluding hydrogens is 312 g/mol. The SMILES string of the molecule is CCC(=O)N(Cc1cc2ccc(C)cc2[nH]c1=O)c1ccccc1C. The number of carbonyl (C=O) groups is 1. The van der Waals surface area contributed by atoms with Gasteiger partial charge in [0, 0.05) is 23.2 Å². The van der Waals surface area contributed by atoms with Crippen LogP contribution in [0.2, 0.25) is 0 Å². The molecule has 128 valence electrons. The molecule has 0 bridgehead atoms. The Morgan fingerprint density at radius 2 is 1.84 bits per heavy atom. The summed E-state index contributed by atoms with van der Waals surface area (Å²) in [5, 5.41) is 0.967. The zero-order valence-corrected chi connectivity index (χ0v) is 14.8. The summed E-state index contributed by atoms with van der Waals surface area (Å²) in [5.74, 6) is -0.00213. The minimum absolute atomic E-state index is 0.00213. The summed E-state index contributed by atoms with van der Waals surface area (Å²) in [4.78, 5) is 29.6. The highest BCUT2D eigenvalue weighted by Crippen LogP contribution is 2.23. The normalized spacial score (nSPS) is 10.8. The Hall–Kier alpha value is -2.88. The minimum Gasteiger partial charge on any atom is -0.322 e. The lowest BCUT2D eigenvalue weighted by atomic mass is 10.1. The van der Waals surface area contributed by atoms with Gasteiger partial charge in [0.1, 0.15) is 0 Å². The Bertz CT molecular complexity index is 989. The smallest absolute Gasteiger partial charge is 0.253 e. The number of hydrogen-bond donors (Lipinski definition) is 1. The lowest BCUT2D eigenvalue weighted by Gasteiger charge is -2.24. The second-order valence-corrected chi connectivity index (χ2v) is 6.33. The summed E-state index contributed by atoms with van der Waals surface area (Å²) >= 11 is 0. The van der Waals surface area contributed by atoms with Gasteiger partial charge in [0.2, 0.25) is 5.91 Å². The Labute approximate surface area is 147 Å². The van der Waals surface area contributed by atoms with Gasteiger partial charge in [-0.05, 0) is 48.6 Å². The summed E-state index contributed by atoms with van der Waals surface area (Å²) in [6.45, 7) is 6.06. The molecular formula is C21H22N2O2. The topological polar surface area (TPSA) is 53.2 Å². The summed E-state index contributed by atoms with van der Waals surface area (Å²) in [6, 6.07) is 15.6. The van der Waals surface area contributed by atoms with E-state index in [1.54, 1.807) is 4.90 Å². The van der Waals surface area contributed by atoms with Crippen LogP contribution in [0.25, 0.3) is 10.9 Å². The first-order valence-corrected chi connectivity index (χ1v) is 8.48. The molecule has 3 aromatic rings. The second kappa shape index (κ2) is 6.93. The number of hydrogen-bond acceptors (Lipinski definition) is 2. The lowest BCUT2D eigenvalue weighted by molar-refractivity contribution is -0.118. The number of amides is 1. The predicted molar refractivity (Wildman–Crippen MR) is 102 cm³/mol. The van der Waals surface area contributed by atoms with E-state index in [0.717, 1.165) is 27.7 Å². The fourth-order valence-corrected chi connectivity index (χ4v) is 3.01. The molecule has 1 heterocycles. The van der Waals surface area contributed by atoms with Crippen LogP contribution in [0.3, 0.4) is 0 Å². The highest BCUT2D eigenvalue weighted by atomic mass is 16.2. The van der Waals surface area contributed by atoms with E-state index < -0.39 is 0 Å². The summed E-state index contributed by atoms with van der Waals surface area (Å²) < 4.78 is 0. The first kappa shape index (κ1) is 17.0. The van der Waals surface area contributed by atoms with E-state index in [2.05, 4.69) is 4.98 Å². The van der Waals surface area contributed by atoms with E-state index in [4.69, 9.17) is 0 Å². The number of aryl methyl sites for hydroxylation is 2. The molecule has 0 unspecified atom stereocenters. The van der Waals surface area contributed by atoms with E-state index in [9.17, 15) is 9.59 Å². The molecule has 0 fully saturated rings. The molecule has 0 aliphatic heterocycles. The van der Waals surface area contributed by atoms with Crippen LogP contribution in [0.4, 0.5) is 5.69 Å². The van der Waals surface area contributed by atoms with E-state index in [-0.39, 0.29) is 18.0 Å². The van der Waals surface area contributed by atoms with Gasteiger partial charge in [-0.15, -0.1) is 0 Å². The standard InChI is InChI=1S/C21H22N2O2/c1-4-20(24)23(19-8-6-5-7-15(19)3)13-17-12-16-10-9-14(2)11-18(16)22-21(17)25/h5-12H,4,13H2,1-3H3,(H,22,25). The molecule has 1 aromatic heterocycles. The molecule has 0 aliphatic carbocycles. The van der Waals surface area contributed by atoms with Crippen LogP contribution >= 0.6 is 0 Å². The van der Waals surface area contributed by atoms with Crippen molar-refractivity contribution in [2.45, 2.75) is 33.7 Å². The van der Waals surface area contributed by atoms with Gasteiger partial charge in [-0.2, -0.15) is 0 Å². The van der Waals surface area contributed by atoms with Crippen molar-refractivity contribution in [2.24, 2.45) is 0 Å². The summed E-state index contributed by atoms with van der Waals surface area (Å²) in [5.41, 5.74) is 4.20. The maximum absolute atomic E-state index is 12.5. The number of fused-ring (bicyclic) bond motifs is 1. The van der Waals surface area contributed by atoms with Crippen LogP contribution in [-0.4, -0.2) is 10.9 Å². The molecule has 0 radical (unpaired) electrons. The molecule has 0 saturated heterocycles. The van der Waals surface area contributed by atoms with E-state index in [1.165, 1.54) is 0 Å². The number of H-pyrrole nitrogens is 1. The van der Waals surface area contributed by atoms with Crippen LogP contribution in [-0.2, 0) is 11.3 Å². The van der Waals surface area contributed by atoms with Crippen LogP contribution in [0, 0.1) is 13.8 Å². The van der Waals surface area contributed by atoms with Crippen molar-refractivity contribution in [3.63, 3.8) is 0 Å². The quantitative estimate of drug-likeness (QED) is 0.781. The van der Waals surface area contributed by atoms with Gasteiger partial charge in [-0.3, -0.25) is 9.59 Å². The largest absolute Gasteiger partial charge is 0.322 e. The van der Waals surface area contributed by atoms with Crippen molar-refractivity contribution in [3.05, 3.63) is 75.6 Å². The number of nitrogens with one attached hydrogen (secondary N) is 1. The summed E-state index contributed by atoms with van der Waals surface area (Å²) in [6.07, 6.45) is 0.388. The zero-order valence-electron chi connectivity index (χ0n) is 14.8. The minimum atomic E-state index is -0.152. The van der Waals surface area contributed by atoms with E-state index >= 15 is 0 Å². The van der Waals surface area contributed by atoms with E-state index in [1.807, 2.05) is 69.3 Å². The Morgan fingerprint density at radius 1 is 1.08 bits per heavy atom. The van der Waals surface area contributed by atoms with Gasteiger partial charge in [0.15, 0.2) is 0 Å². The molecule has 0 aliphatic rings. The monoisotopic (exact) mass is 334 g/mol. The van der Waals surface area contributed by atoms with Gasteiger partial charge < -0.3 is 9.88 Å². The second-order valence-electron chi connectivity index (χ2n) is 6.33. The molecule has 0 spiro atoms. The number of anilines is 1. The third-order valence-corrected chi connectivity index (χ3v) is 4.42.